The predicted molar refractivity (Wildman–Crippen MR) is 83.3 cm³/mol. The van der Waals surface area contributed by atoms with Crippen molar-refractivity contribution in [1.82, 2.24) is 10.3 Å². The SMILES string of the molecule is Clc1ccc(CNC2CC2)c(Oc2cncc(Br)c2)c1. The molecule has 1 aromatic heterocycles. The fraction of sp³-hybridized carbons (Fsp3) is 0.267. The van der Waals surface area contributed by atoms with Crippen molar-refractivity contribution in [3.8, 4) is 11.5 Å². The van der Waals surface area contributed by atoms with Crippen molar-refractivity contribution in [2.45, 2.75) is 25.4 Å². The summed E-state index contributed by atoms with van der Waals surface area (Å²) in [6.07, 6.45) is 5.93. The molecule has 0 unspecified atom stereocenters. The Kier molecular flexibility index (Phi) is 4.24. The van der Waals surface area contributed by atoms with Gasteiger partial charge in [0.05, 0.1) is 6.20 Å². The van der Waals surface area contributed by atoms with Crippen LogP contribution in [-0.2, 0) is 6.54 Å². The van der Waals surface area contributed by atoms with Crippen LogP contribution in [0.25, 0.3) is 0 Å². The molecule has 1 aromatic carbocycles. The standard InChI is InChI=1S/C15H14BrClN2O/c16-11-5-14(9-18-8-11)20-15-6-12(17)2-1-10(15)7-19-13-3-4-13/h1-2,5-6,8-9,13,19H,3-4,7H2. The first kappa shape index (κ1) is 13.9. The Morgan fingerprint density at radius 2 is 2.15 bits per heavy atom. The normalized spacial score (nSPS) is 14.3. The highest BCUT2D eigenvalue weighted by atomic mass is 79.9. The van der Waals surface area contributed by atoms with E-state index in [1.165, 1.54) is 12.8 Å². The van der Waals surface area contributed by atoms with Crippen molar-refractivity contribution in [2.24, 2.45) is 0 Å². The summed E-state index contributed by atoms with van der Waals surface area (Å²) >= 11 is 9.45. The Balaban J connectivity index is 1.80. The fourth-order valence-electron chi connectivity index (χ4n) is 1.89. The molecule has 1 heterocycles. The largest absolute Gasteiger partial charge is 0.455 e. The van der Waals surface area contributed by atoms with Crippen LogP contribution < -0.4 is 10.1 Å². The molecule has 1 aliphatic rings. The third-order valence-corrected chi connectivity index (χ3v) is 3.76. The van der Waals surface area contributed by atoms with E-state index in [-0.39, 0.29) is 0 Å². The summed E-state index contributed by atoms with van der Waals surface area (Å²) in [4.78, 5) is 4.10. The summed E-state index contributed by atoms with van der Waals surface area (Å²) < 4.78 is 6.79. The highest BCUT2D eigenvalue weighted by molar-refractivity contribution is 9.10. The topological polar surface area (TPSA) is 34.1 Å². The Labute approximate surface area is 131 Å². The predicted octanol–water partition coefficient (Wildman–Crippen LogP) is 4.54. The van der Waals surface area contributed by atoms with E-state index in [9.17, 15) is 0 Å². The highest BCUT2D eigenvalue weighted by Crippen LogP contribution is 2.30. The first-order valence-corrected chi connectivity index (χ1v) is 7.68. The Bertz CT molecular complexity index is 617. The first-order valence-electron chi connectivity index (χ1n) is 6.51. The quantitative estimate of drug-likeness (QED) is 0.857. The van der Waals surface area contributed by atoms with Crippen molar-refractivity contribution in [3.63, 3.8) is 0 Å². The number of rotatable bonds is 5. The molecule has 0 saturated heterocycles. The molecule has 3 nitrogen and oxygen atoms in total. The third-order valence-electron chi connectivity index (χ3n) is 3.10. The molecule has 20 heavy (non-hydrogen) atoms. The van der Waals surface area contributed by atoms with Crippen LogP contribution >= 0.6 is 27.5 Å². The van der Waals surface area contributed by atoms with Crippen LogP contribution in [0.5, 0.6) is 11.5 Å². The summed E-state index contributed by atoms with van der Waals surface area (Å²) in [5.74, 6) is 1.46. The Hall–Kier alpha value is -1.10. The molecule has 1 saturated carbocycles. The molecule has 104 valence electrons. The second-order valence-electron chi connectivity index (χ2n) is 4.85. The van der Waals surface area contributed by atoms with Crippen molar-refractivity contribution in [3.05, 3.63) is 51.7 Å². The van der Waals surface area contributed by atoms with Gasteiger partial charge in [0.1, 0.15) is 11.5 Å². The van der Waals surface area contributed by atoms with E-state index >= 15 is 0 Å². The van der Waals surface area contributed by atoms with Crippen LogP contribution in [0.1, 0.15) is 18.4 Å². The summed E-state index contributed by atoms with van der Waals surface area (Å²) in [6, 6.07) is 8.26. The van der Waals surface area contributed by atoms with Gasteiger partial charge < -0.3 is 10.1 Å². The van der Waals surface area contributed by atoms with Crippen LogP contribution in [0, 0.1) is 0 Å². The monoisotopic (exact) mass is 352 g/mol. The molecule has 1 aliphatic carbocycles. The van der Waals surface area contributed by atoms with E-state index in [0.717, 1.165) is 22.3 Å². The molecule has 0 atom stereocenters. The lowest BCUT2D eigenvalue weighted by atomic mass is 10.2. The number of halogens is 2. The van der Waals surface area contributed by atoms with E-state index in [1.807, 2.05) is 24.3 Å². The number of nitrogens with one attached hydrogen (secondary N) is 1. The van der Waals surface area contributed by atoms with E-state index in [2.05, 4.69) is 26.2 Å². The maximum Gasteiger partial charge on any atom is 0.146 e. The average molecular weight is 354 g/mol. The molecule has 0 radical (unpaired) electrons. The molecule has 0 spiro atoms. The molecule has 0 bridgehead atoms. The van der Waals surface area contributed by atoms with Gasteiger partial charge in [0.25, 0.3) is 0 Å². The van der Waals surface area contributed by atoms with Crippen molar-refractivity contribution in [1.29, 1.82) is 0 Å². The van der Waals surface area contributed by atoms with E-state index in [1.54, 1.807) is 12.4 Å². The van der Waals surface area contributed by atoms with Crippen LogP contribution in [0.4, 0.5) is 0 Å². The number of hydrogen-bond acceptors (Lipinski definition) is 3. The van der Waals surface area contributed by atoms with E-state index < -0.39 is 0 Å². The van der Waals surface area contributed by atoms with Gasteiger partial charge in [0.2, 0.25) is 0 Å². The molecule has 2 aromatic rings. The first-order chi connectivity index (χ1) is 9.70. The molecule has 1 N–H and O–H groups in total. The number of hydrogen-bond donors (Lipinski definition) is 1. The van der Waals surface area contributed by atoms with E-state index in [4.69, 9.17) is 16.3 Å². The Morgan fingerprint density at radius 3 is 2.90 bits per heavy atom. The number of nitrogens with zero attached hydrogens (tertiary/aromatic N) is 1. The van der Waals surface area contributed by atoms with Gasteiger partial charge in [0, 0.05) is 33.8 Å². The van der Waals surface area contributed by atoms with Crippen molar-refractivity contribution >= 4 is 27.5 Å². The third kappa shape index (κ3) is 3.72. The molecular weight excluding hydrogens is 340 g/mol. The van der Waals surface area contributed by atoms with Gasteiger partial charge in [-0.1, -0.05) is 17.7 Å². The minimum Gasteiger partial charge on any atom is -0.455 e. The second kappa shape index (κ2) is 6.12. The van der Waals surface area contributed by atoms with E-state index in [0.29, 0.717) is 16.8 Å². The lowest BCUT2D eigenvalue weighted by Gasteiger charge is -2.12. The smallest absolute Gasteiger partial charge is 0.146 e. The van der Waals surface area contributed by atoms with Crippen molar-refractivity contribution in [2.75, 3.05) is 0 Å². The molecule has 3 rings (SSSR count). The second-order valence-corrected chi connectivity index (χ2v) is 6.20. The number of ether oxygens (including phenoxy) is 1. The van der Waals surface area contributed by atoms with Crippen molar-refractivity contribution < 1.29 is 4.74 Å². The molecule has 0 aliphatic heterocycles. The fourth-order valence-corrected chi connectivity index (χ4v) is 2.39. The Morgan fingerprint density at radius 1 is 1.30 bits per heavy atom. The van der Waals surface area contributed by atoms with Gasteiger partial charge >= 0.3 is 0 Å². The summed E-state index contributed by atoms with van der Waals surface area (Å²) in [5, 5.41) is 4.15. The average Bonchev–Trinajstić information content (AvgIpc) is 3.22. The summed E-state index contributed by atoms with van der Waals surface area (Å²) in [6.45, 7) is 0.790. The van der Waals surface area contributed by atoms with Crippen LogP contribution in [-0.4, -0.2) is 11.0 Å². The van der Waals surface area contributed by atoms with Gasteiger partial charge in [0.15, 0.2) is 0 Å². The zero-order valence-corrected chi connectivity index (χ0v) is 13.1. The van der Waals surface area contributed by atoms with Gasteiger partial charge in [-0.05, 0) is 47.0 Å². The van der Waals surface area contributed by atoms with Gasteiger partial charge in [-0.15, -0.1) is 0 Å². The van der Waals surface area contributed by atoms with Gasteiger partial charge in [-0.2, -0.15) is 0 Å². The van der Waals surface area contributed by atoms with Crippen LogP contribution in [0.2, 0.25) is 5.02 Å². The van der Waals surface area contributed by atoms with Gasteiger partial charge in [-0.25, -0.2) is 0 Å². The molecule has 0 amide bonds. The zero-order valence-electron chi connectivity index (χ0n) is 10.8. The number of aromatic nitrogens is 1. The molecular formula is C15H14BrClN2O. The van der Waals surface area contributed by atoms with Crippen LogP contribution in [0.3, 0.4) is 0 Å². The summed E-state index contributed by atoms with van der Waals surface area (Å²) in [5.41, 5.74) is 1.10. The highest BCUT2D eigenvalue weighted by Gasteiger charge is 2.20. The molecule has 1 fully saturated rings. The minimum absolute atomic E-state index is 0.658. The maximum absolute atomic E-state index is 6.06. The van der Waals surface area contributed by atoms with Crippen LogP contribution in [0.15, 0.2) is 41.1 Å². The minimum atomic E-state index is 0.658. The lowest BCUT2D eigenvalue weighted by molar-refractivity contribution is 0.470. The van der Waals surface area contributed by atoms with Gasteiger partial charge in [-0.3, -0.25) is 4.98 Å². The zero-order chi connectivity index (χ0) is 13.9. The number of pyridine rings is 1. The summed E-state index contributed by atoms with van der Waals surface area (Å²) in [7, 11) is 0. The maximum atomic E-state index is 6.06. The lowest BCUT2D eigenvalue weighted by Crippen LogP contribution is -2.15. The molecule has 5 heteroatoms. The number of benzene rings is 1.